The average molecular weight is 358 g/mol. The van der Waals surface area contributed by atoms with Crippen LogP contribution in [0.4, 0.5) is 4.39 Å². The lowest BCUT2D eigenvalue weighted by atomic mass is 9.96. The van der Waals surface area contributed by atoms with Crippen LogP contribution in [-0.4, -0.2) is 46.8 Å². The number of rotatable bonds is 5. The van der Waals surface area contributed by atoms with Crippen molar-refractivity contribution >= 4 is 5.91 Å². The summed E-state index contributed by atoms with van der Waals surface area (Å²) in [7, 11) is 0. The molecular weight excluding hydrogens is 331 g/mol. The highest BCUT2D eigenvalue weighted by Crippen LogP contribution is 2.23. The zero-order valence-electron chi connectivity index (χ0n) is 15.8. The topological polar surface area (TPSA) is 50.2 Å². The molecule has 2 aromatic rings. The molecule has 2 heterocycles. The number of piperidine rings is 1. The minimum absolute atomic E-state index is 0.0512. The molecule has 0 radical (unpaired) electrons. The Kier molecular flexibility index (Phi) is 5.71. The molecule has 1 amide bonds. The van der Waals surface area contributed by atoms with E-state index in [1.807, 2.05) is 18.7 Å². The van der Waals surface area contributed by atoms with Gasteiger partial charge in [0.05, 0.1) is 22.6 Å². The summed E-state index contributed by atoms with van der Waals surface area (Å²) in [6.07, 6.45) is 2.06. The molecule has 3 rings (SSSR count). The number of nitrogens with one attached hydrogen (secondary N) is 1. The van der Waals surface area contributed by atoms with Crippen molar-refractivity contribution in [2.24, 2.45) is 5.92 Å². The first kappa shape index (κ1) is 18.6. The zero-order chi connectivity index (χ0) is 18.7. The Morgan fingerprint density at radius 2 is 1.88 bits per heavy atom. The van der Waals surface area contributed by atoms with Crippen LogP contribution < -0.4 is 5.32 Å². The van der Waals surface area contributed by atoms with Crippen molar-refractivity contribution in [1.29, 1.82) is 0 Å². The molecule has 0 spiro atoms. The number of carbonyl (C=O) groups is 1. The van der Waals surface area contributed by atoms with Gasteiger partial charge in [0.15, 0.2) is 0 Å². The van der Waals surface area contributed by atoms with Gasteiger partial charge in [0, 0.05) is 13.1 Å². The fourth-order valence-electron chi connectivity index (χ4n) is 3.63. The van der Waals surface area contributed by atoms with Gasteiger partial charge in [0.1, 0.15) is 5.82 Å². The second kappa shape index (κ2) is 7.99. The largest absolute Gasteiger partial charge is 0.339 e. The van der Waals surface area contributed by atoms with Crippen LogP contribution in [0.3, 0.4) is 0 Å². The van der Waals surface area contributed by atoms with Crippen LogP contribution in [0, 0.1) is 25.6 Å². The van der Waals surface area contributed by atoms with Gasteiger partial charge in [-0.15, -0.1) is 0 Å². The lowest BCUT2D eigenvalue weighted by Gasteiger charge is -2.32. The number of amides is 1. The van der Waals surface area contributed by atoms with Gasteiger partial charge in [-0.1, -0.05) is 6.92 Å². The fraction of sp³-hybridized carbons (Fsp3) is 0.500. The number of hydrogen-bond acceptors (Lipinski definition) is 3. The van der Waals surface area contributed by atoms with Gasteiger partial charge >= 0.3 is 0 Å². The monoisotopic (exact) mass is 358 g/mol. The minimum atomic E-state index is -0.285. The van der Waals surface area contributed by atoms with E-state index in [9.17, 15) is 9.18 Å². The molecule has 140 valence electrons. The summed E-state index contributed by atoms with van der Waals surface area (Å²) in [4.78, 5) is 15.0. The normalized spacial score (nSPS) is 15.5. The summed E-state index contributed by atoms with van der Waals surface area (Å²) in [5.41, 5.74) is 2.94. The number of benzene rings is 1. The lowest BCUT2D eigenvalue weighted by Crippen LogP contribution is -2.41. The molecule has 1 aliphatic heterocycles. The predicted octanol–water partition coefficient (Wildman–Crippen LogP) is 3.09. The standard InChI is InChI=1S/C20H27FN4O/c1-4-22-13-16-9-11-24(12-10-16)20(26)19-14(2)23-25(15(19)3)18-7-5-17(21)6-8-18/h5-8,16,22H,4,9-13H2,1-3H3. The Hall–Kier alpha value is -2.21. The molecule has 1 aromatic carbocycles. The smallest absolute Gasteiger partial charge is 0.257 e. The quantitative estimate of drug-likeness (QED) is 0.894. The van der Waals surface area contributed by atoms with Crippen LogP contribution in [0.15, 0.2) is 24.3 Å². The third-order valence-electron chi connectivity index (χ3n) is 5.16. The number of likely N-dealkylation sites (tertiary alicyclic amines) is 1. The van der Waals surface area contributed by atoms with E-state index in [2.05, 4.69) is 17.3 Å². The summed E-state index contributed by atoms with van der Waals surface area (Å²) in [6.45, 7) is 9.46. The SMILES string of the molecule is CCNCC1CCN(C(=O)c2c(C)nn(-c3ccc(F)cc3)c2C)CC1. The summed E-state index contributed by atoms with van der Waals surface area (Å²) >= 11 is 0. The molecule has 1 aliphatic rings. The Labute approximate surface area is 154 Å². The molecule has 0 aliphatic carbocycles. The van der Waals surface area contributed by atoms with Gasteiger partial charge in [0.25, 0.3) is 5.91 Å². The van der Waals surface area contributed by atoms with Crippen LogP contribution >= 0.6 is 0 Å². The maximum atomic E-state index is 13.2. The number of halogens is 1. The van der Waals surface area contributed by atoms with Crippen molar-refractivity contribution in [1.82, 2.24) is 20.0 Å². The van der Waals surface area contributed by atoms with Crippen molar-refractivity contribution in [2.75, 3.05) is 26.2 Å². The van der Waals surface area contributed by atoms with E-state index in [0.29, 0.717) is 17.2 Å². The molecule has 6 heteroatoms. The first-order valence-corrected chi connectivity index (χ1v) is 9.33. The summed E-state index contributed by atoms with van der Waals surface area (Å²) < 4.78 is 14.9. The van der Waals surface area contributed by atoms with Crippen LogP contribution in [0.1, 0.15) is 41.5 Å². The Balaban J connectivity index is 1.75. The predicted molar refractivity (Wildman–Crippen MR) is 100 cm³/mol. The van der Waals surface area contributed by atoms with Crippen LogP contribution in [0.5, 0.6) is 0 Å². The molecule has 26 heavy (non-hydrogen) atoms. The summed E-state index contributed by atoms with van der Waals surface area (Å²) in [6, 6.07) is 6.16. The number of nitrogens with zero attached hydrogens (tertiary/aromatic N) is 3. The van der Waals surface area contributed by atoms with E-state index < -0.39 is 0 Å². The van der Waals surface area contributed by atoms with Crippen molar-refractivity contribution in [3.8, 4) is 5.69 Å². The van der Waals surface area contributed by atoms with Gasteiger partial charge in [-0.05, 0) is 70.0 Å². The molecule has 1 N–H and O–H groups in total. The average Bonchev–Trinajstić information content (AvgIpc) is 2.95. The number of aromatic nitrogens is 2. The summed E-state index contributed by atoms with van der Waals surface area (Å²) in [5.74, 6) is 0.408. The maximum absolute atomic E-state index is 13.2. The van der Waals surface area contributed by atoms with Gasteiger partial charge in [-0.25, -0.2) is 9.07 Å². The van der Waals surface area contributed by atoms with Gasteiger partial charge in [0.2, 0.25) is 0 Å². The molecule has 0 unspecified atom stereocenters. The second-order valence-corrected chi connectivity index (χ2v) is 6.98. The fourth-order valence-corrected chi connectivity index (χ4v) is 3.63. The van der Waals surface area contributed by atoms with Gasteiger partial charge in [-0.2, -0.15) is 5.10 Å². The Bertz CT molecular complexity index is 761. The lowest BCUT2D eigenvalue weighted by molar-refractivity contribution is 0.0689. The van der Waals surface area contributed by atoms with E-state index in [-0.39, 0.29) is 11.7 Å². The van der Waals surface area contributed by atoms with Crippen LogP contribution in [-0.2, 0) is 0 Å². The molecule has 5 nitrogen and oxygen atoms in total. The Morgan fingerprint density at radius 1 is 1.23 bits per heavy atom. The van der Waals surface area contributed by atoms with E-state index in [4.69, 9.17) is 0 Å². The summed E-state index contributed by atoms with van der Waals surface area (Å²) in [5, 5.41) is 7.91. The minimum Gasteiger partial charge on any atom is -0.339 e. The number of aryl methyl sites for hydroxylation is 1. The van der Waals surface area contributed by atoms with Crippen LogP contribution in [0.2, 0.25) is 0 Å². The van der Waals surface area contributed by atoms with Gasteiger partial charge in [-0.3, -0.25) is 4.79 Å². The molecule has 1 saturated heterocycles. The zero-order valence-corrected chi connectivity index (χ0v) is 15.8. The van der Waals surface area contributed by atoms with Crippen LogP contribution in [0.25, 0.3) is 5.69 Å². The number of carbonyl (C=O) groups excluding carboxylic acids is 1. The van der Waals surface area contributed by atoms with Crippen molar-refractivity contribution in [3.05, 3.63) is 47.0 Å². The molecule has 0 saturated carbocycles. The second-order valence-electron chi connectivity index (χ2n) is 6.98. The highest BCUT2D eigenvalue weighted by Gasteiger charge is 2.27. The highest BCUT2D eigenvalue weighted by atomic mass is 19.1. The van der Waals surface area contributed by atoms with Gasteiger partial charge < -0.3 is 10.2 Å². The molecule has 1 fully saturated rings. The van der Waals surface area contributed by atoms with Crippen molar-refractivity contribution in [2.45, 2.75) is 33.6 Å². The van der Waals surface area contributed by atoms with Crippen molar-refractivity contribution < 1.29 is 9.18 Å². The van der Waals surface area contributed by atoms with Crippen molar-refractivity contribution in [3.63, 3.8) is 0 Å². The third kappa shape index (κ3) is 3.80. The van der Waals surface area contributed by atoms with E-state index >= 15 is 0 Å². The molecular formula is C20H27FN4O. The maximum Gasteiger partial charge on any atom is 0.257 e. The first-order chi connectivity index (χ1) is 12.5. The van der Waals surface area contributed by atoms with E-state index in [0.717, 1.165) is 50.4 Å². The molecule has 0 atom stereocenters. The van der Waals surface area contributed by atoms with E-state index in [1.165, 1.54) is 12.1 Å². The first-order valence-electron chi connectivity index (χ1n) is 9.33. The third-order valence-corrected chi connectivity index (χ3v) is 5.16. The molecule has 0 bridgehead atoms. The number of hydrogen-bond donors (Lipinski definition) is 1. The van der Waals surface area contributed by atoms with E-state index in [1.54, 1.807) is 16.8 Å². The Morgan fingerprint density at radius 3 is 2.50 bits per heavy atom. The highest BCUT2D eigenvalue weighted by molar-refractivity contribution is 5.96. The molecule has 1 aromatic heterocycles.